The fraction of sp³-hybridized carbons (Fsp3) is 0.435. The van der Waals surface area contributed by atoms with Crippen molar-refractivity contribution in [1.82, 2.24) is 4.90 Å². The number of nitrogens with zero attached hydrogens (tertiary/aromatic N) is 2. The molecule has 3 aromatic rings. The van der Waals surface area contributed by atoms with Crippen LogP contribution in [-0.4, -0.2) is 36.0 Å². The van der Waals surface area contributed by atoms with Crippen LogP contribution in [0.5, 0.6) is 0 Å². The number of hydrogen-bond acceptors (Lipinski definition) is 6. The summed E-state index contributed by atoms with van der Waals surface area (Å²) in [7, 11) is 0. The Kier molecular flexibility index (Phi) is 9.68. The molecule has 0 bridgehead atoms. The standard InChI is InChI=1S/C23H29N3O3S.ClH/c1-3-5-14-25(15-6-4-2)16-13-24-18-11-12-19(26(28)29)23-21(18)22(27)17-9-7-8-10-20(17)30-23;/h7-12,24H,3-6,13-16H2,1-2H3;1H/p-1. The zero-order valence-corrected chi connectivity index (χ0v) is 19.6. The third kappa shape index (κ3) is 5.93. The van der Waals surface area contributed by atoms with Crippen molar-refractivity contribution in [2.24, 2.45) is 0 Å². The number of rotatable bonds is 11. The van der Waals surface area contributed by atoms with E-state index in [1.165, 1.54) is 30.2 Å². The number of anilines is 1. The Balaban J connectivity index is 0.00000341. The van der Waals surface area contributed by atoms with Crippen molar-refractivity contribution in [3.63, 3.8) is 0 Å². The molecule has 0 unspecified atom stereocenters. The fourth-order valence-electron chi connectivity index (χ4n) is 3.63. The second-order valence-corrected chi connectivity index (χ2v) is 8.55. The van der Waals surface area contributed by atoms with E-state index < -0.39 is 4.92 Å². The number of nitro groups is 1. The van der Waals surface area contributed by atoms with Gasteiger partial charge in [0.25, 0.3) is 5.69 Å². The van der Waals surface area contributed by atoms with Gasteiger partial charge in [-0.2, -0.15) is 0 Å². The highest BCUT2D eigenvalue weighted by molar-refractivity contribution is 7.25. The molecule has 0 atom stereocenters. The molecule has 0 amide bonds. The topological polar surface area (TPSA) is 75.5 Å². The van der Waals surface area contributed by atoms with Crippen LogP contribution in [0.15, 0.2) is 41.2 Å². The van der Waals surface area contributed by atoms with Gasteiger partial charge < -0.3 is 22.6 Å². The summed E-state index contributed by atoms with van der Waals surface area (Å²) < 4.78 is 1.20. The van der Waals surface area contributed by atoms with Gasteiger partial charge in [-0.1, -0.05) is 38.8 Å². The van der Waals surface area contributed by atoms with Crippen LogP contribution in [0.4, 0.5) is 11.4 Å². The number of halogens is 1. The van der Waals surface area contributed by atoms with E-state index in [9.17, 15) is 14.9 Å². The van der Waals surface area contributed by atoms with Crippen molar-refractivity contribution in [3.05, 3.63) is 56.7 Å². The van der Waals surface area contributed by atoms with E-state index in [2.05, 4.69) is 24.1 Å². The summed E-state index contributed by atoms with van der Waals surface area (Å²) in [5.41, 5.74) is 0.504. The minimum atomic E-state index is -0.409. The maximum atomic E-state index is 13.2. The third-order valence-corrected chi connectivity index (χ3v) is 6.50. The van der Waals surface area contributed by atoms with E-state index in [4.69, 9.17) is 0 Å². The zero-order chi connectivity index (χ0) is 21.5. The van der Waals surface area contributed by atoms with Crippen LogP contribution in [0.3, 0.4) is 0 Å². The van der Waals surface area contributed by atoms with Gasteiger partial charge in [0.1, 0.15) is 4.70 Å². The van der Waals surface area contributed by atoms with Crippen molar-refractivity contribution in [2.45, 2.75) is 39.5 Å². The molecule has 1 heterocycles. The highest BCUT2D eigenvalue weighted by Crippen LogP contribution is 2.35. The summed E-state index contributed by atoms with van der Waals surface area (Å²) in [6, 6.07) is 10.5. The molecule has 8 heteroatoms. The van der Waals surface area contributed by atoms with E-state index in [0.717, 1.165) is 37.2 Å². The Bertz CT molecular complexity index is 1080. The van der Waals surface area contributed by atoms with E-state index in [0.29, 0.717) is 27.7 Å². The normalized spacial score (nSPS) is 11.1. The number of unbranched alkanes of at least 4 members (excludes halogenated alkanes) is 2. The minimum Gasteiger partial charge on any atom is -1.00 e. The van der Waals surface area contributed by atoms with E-state index >= 15 is 0 Å². The first-order valence-corrected chi connectivity index (χ1v) is 11.5. The number of nitrogens with one attached hydrogen (secondary N) is 1. The van der Waals surface area contributed by atoms with Gasteiger partial charge in [0.05, 0.1) is 10.3 Å². The predicted molar refractivity (Wildman–Crippen MR) is 127 cm³/mol. The van der Waals surface area contributed by atoms with Crippen LogP contribution >= 0.6 is 11.3 Å². The van der Waals surface area contributed by atoms with Gasteiger partial charge >= 0.3 is 0 Å². The largest absolute Gasteiger partial charge is 1.00 e. The lowest BCUT2D eigenvalue weighted by Crippen LogP contribution is -3.00. The summed E-state index contributed by atoms with van der Waals surface area (Å²) in [5, 5.41) is 16.0. The molecule has 0 aliphatic carbocycles. The van der Waals surface area contributed by atoms with Gasteiger partial charge in [0.15, 0.2) is 5.43 Å². The Morgan fingerprint density at radius 2 is 1.71 bits per heavy atom. The minimum absolute atomic E-state index is 0. The van der Waals surface area contributed by atoms with Crippen LogP contribution in [0.1, 0.15) is 39.5 Å². The zero-order valence-electron chi connectivity index (χ0n) is 18.0. The van der Waals surface area contributed by atoms with Gasteiger partial charge in [0.2, 0.25) is 0 Å². The Morgan fingerprint density at radius 1 is 1.03 bits per heavy atom. The average Bonchev–Trinajstić information content (AvgIpc) is 2.75. The maximum absolute atomic E-state index is 13.2. The predicted octanol–water partition coefficient (Wildman–Crippen LogP) is 2.64. The van der Waals surface area contributed by atoms with Gasteiger partial charge in [-0.25, -0.2) is 0 Å². The highest BCUT2D eigenvalue weighted by atomic mass is 35.5. The summed E-state index contributed by atoms with van der Waals surface area (Å²) in [5.74, 6) is 0. The molecule has 0 radical (unpaired) electrons. The monoisotopic (exact) mass is 462 g/mol. The highest BCUT2D eigenvalue weighted by Gasteiger charge is 2.19. The smallest absolute Gasteiger partial charge is 0.287 e. The van der Waals surface area contributed by atoms with Crippen LogP contribution in [0.2, 0.25) is 0 Å². The molecular formula is C23H29ClN3O3S-. The first kappa shape index (κ1) is 25.0. The van der Waals surface area contributed by atoms with Crippen molar-refractivity contribution < 1.29 is 17.3 Å². The van der Waals surface area contributed by atoms with Crippen molar-refractivity contribution >= 4 is 42.9 Å². The van der Waals surface area contributed by atoms with Crippen molar-refractivity contribution in [3.8, 4) is 0 Å². The Labute approximate surface area is 192 Å². The Hall–Kier alpha value is -2.22. The molecule has 31 heavy (non-hydrogen) atoms. The van der Waals surface area contributed by atoms with Gasteiger partial charge in [-0.3, -0.25) is 14.9 Å². The van der Waals surface area contributed by atoms with Crippen molar-refractivity contribution in [2.75, 3.05) is 31.5 Å². The molecule has 1 aromatic heterocycles. The molecular weight excluding hydrogens is 434 g/mol. The summed E-state index contributed by atoms with van der Waals surface area (Å²) in [6.07, 6.45) is 4.67. The number of hydrogen-bond donors (Lipinski definition) is 1. The molecule has 0 aliphatic heterocycles. The maximum Gasteiger partial charge on any atom is 0.287 e. The lowest BCUT2D eigenvalue weighted by molar-refractivity contribution is -0.382. The lowest BCUT2D eigenvalue weighted by atomic mass is 10.1. The Morgan fingerprint density at radius 3 is 2.35 bits per heavy atom. The van der Waals surface area contributed by atoms with E-state index in [1.54, 1.807) is 12.1 Å². The molecule has 0 fully saturated rings. The van der Waals surface area contributed by atoms with Crippen LogP contribution in [0.25, 0.3) is 20.2 Å². The molecule has 1 N–H and O–H groups in total. The number of benzene rings is 2. The summed E-state index contributed by atoms with van der Waals surface area (Å²) in [4.78, 5) is 26.8. The molecule has 3 rings (SSSR count). The second-order valence-electron chi connectivity index (χ2n) is 7.50. The molecule has 0 spiro atoms. The van der Waals surface area contributed by atoms with Gasteiger partial charge in [0, 0.05) is 34.9 Å². The van der Waals surface area contributed by atoms with Crippen LogP contribution < -0.4 is 23.2 Å². The number of nitro benzene ring substituents is 1. The third-order valence-electron chi connectivity index (χ3n) is 5.30. The average molecular weight is 463 g/mol. The lowest BCUT2D eigenvalue weighted by Gasteiger charge is -2.22. The summed E-state index contributed by atoms with van der Waals surface area (Å²) in [6.45, 7) is 8.10. The fourth-order valence-corrected chi connectivity index (χ4v) is 4.82. The number of non-ortho nitro benzene ring substituents is 1. The van der Waals surface area contributed by atoms with Crippen LogP contribution in [-0.2, 0) is 0 Å². The van der Waals surface area contributed by atoms with Crippen LogP contribution in [0, 0.1) is 10.1 Å². The van der Waals surface area contributed by atoms with Crippen molar-refractivity contribution in [1.29, 1.82) is 0 Å². The first-order valence-electron chi connectivity index (χ1n) is 10.7. The summed E-state index contributed by atoms with van der Waals surface area (Å²) >= 11 is 1.30. The molecule has 2 aromatic carbocycles. The molecule has 0 saturated heterocycles. The van der Waals surface area contributed by atoms with Gasteiger partial charge in [-0.05, 0) is 44.1 Å². The molecule has 6 nitrogen and oxygen atoms in total. The quantitative estimate of drug-likeness (QED) is 0.269. The van der Waals surface area contributed by atoms with Gasteiger partial charge in [-0.15, -0.1) is 11.3 Å². The molecule has 0 saturated carbocycles. The van der Waals surface area contributed by atoms with E-state index in [1.807, 2.05) is 18.2 Å². The molecule has 168 valence electrons. The number of fused-ring (bicyclic) bond motifs is 2. The van der Waals surface area contributed by atoms with E-state index in [-0.39, 0.29) is 23.5 Å². The first-order chi connectivity index (χ1) is 14.6. The molecule has 0 aliphatic rings. The second kappa shape index (κ2) is 12.0. The SMILES string of the molecule is CCCCN(CCCC)CCNc1ccc([N+](=O)[O-])c2sc3ccccc3c(=O)c12.[Cl-].